The normalized spacial score (nSPS) is 11.9. The molecule has 0 fully saturated rings. The van der Waals surface area contributed by atoms with Gasteiger partial charge < -0.3 is 20.7 Å². The summed E-state index contributed by atoms with van der Waals surface area (Å²) in [6.45, 7) is 0. The number of hydrogen-bond acceptors (Lipinski definition) is 5. The molecule has 154 valence electrons. The van der Waals surface area contributed by atoms with Crippen LogP contribution in [0.15, 0.2) is 48.5 Å². The number of thiocarbonyl (C=S) groups is 1. The largest absolute Gasteiger partial charge is 0.495 e. The lowest BCUT2D eigenvalue weighted by Gasteiger charge is -2.28. The third-order valence-electron chi connectivity index (χ3n) is 3.55. The molecule has 8 nitrogen and oxygen atoms in total. The van der Waals surface area contributed by atoms with Crippen LogP contribution in [0.3, 0.4) is 0 Å². The number of nitro benzene ring substituents is 1. The van der Waals surface area contributed by atoms with Gasteiger partial charge in [-0.3, -0.25) is 14.9 Å². The van der Waals surface area contributed by atoms with Gasteiger partial charge in [-0.05, 0) is 30.4 Å². The summed E-state index contributed by atoms with van der Waals surface area (Å²) in [5, 5.41) is 19.0. The van der Waals surface area contributed by atoms with Gasteiger partial charge >= 0.3 is 0 Å². The van der Waals surface area contributed by atoms with Crippen LogP contribution in [0.4, 0.5) is 11.4 Å². The molecular formula is C17H15Cl3N4O4S. The Kier molecular flexibility index (Phi) is 7.86. The number of carbonyl (C=O) groups is 1. The van der Waals surface area contributed by atoms with Gasteiger partial charge in [-0.1, -0.05) is 53.0 Å². The van der Waals surface area contributed by atoms with Crippen LogP contribution in [0.5, 0.6) is 5.75 Å². The zero-order chi connectivity index (χ0) is 21.6. The van der Waals surface area contributed by atoms with Gasteiger partial charge in [0.2, 0.25) is 3.79 Å². The van der Waals surface area contributed by atoms with Crippen LogP contribution in [0, 0.1) is 10.1 Å². The lowest BCUT2D eigenvalue weighted by molar-refractivity contribution is -0.384. The fourth-order valence-corrected chi connectivity index (χ4v) is 2.77. The molecule has 0 saturated carbocycles. The standard InChI is InChI=1S/C17H15Cl3N4O4S/c1-28-13-8-3-2-7-12(13)21-16(29)23-15(17(18,19)20)22-14(25)10-5-4-6-11(9-10)24(26)27/h2-9,15H,1H3,(H,22,25)(H2,21,23,29). The van der Waals surface area contributed by atoms with E-state index >= 15 is 0 Å². The van der Waals surface area contributed by atoms with E-state index < -0.39 is 20.8 Å². The van der Waals surface area contributed by atoms with Gasteiger partial charge in [-0.2, -0.15) is 0 Å². The topological polar surface area (TPSA) is 106 Å². The van der Waals surface area contributed by atoms with Crippen LogP contribution < -0.4 is 20.7 Å². The SMILES string of the molecule is COc1ccccc1NC(=S)NC(NC(=O)c1cccc([N+](=O)[O-])c1)C(Cl)(Cl)Cl. The average Bonchev–Trinajstić information content (AvgIpc) is 2.67. The van der Waals surface area contributed by atoms with Gasteiger partial charge in [-0.15, -0.1) is 0 Å². The highest BCUT2D eigenvalue weighted by molar-refractivity contribution is 7.80. The monoisotopic (exact) mass is 476 g/mol. The summed E-state index contributed by atoms with van der Waals surface area (Å²) in [6, 6.07) is 12.1. The van der Waals surface area contributed by atoms with Crippen molar-refractivity contribution in [3.8, 4) is 5.75 Å². The number of halogens is 3. The molecule has 1 atom stereocenters. The Morgan fingerprint density at radius 3 is 2.48 bits per heavy atom. The maximum Gasteiger partial charge on any atom is 0.270 e. The van der Waals surface area contributed by atoms with Crippen LogP contribution in [0.1, 0.15) is 10.4 Å². The maximum atomic E-state index is 12.5. The van der Waals surface area contributed by atoms with Crippen molar-refractivity contribution in [2.45, 2.75) is 9.96 Å². The number of methoxy groups -OCH3 is 1. The number of anilines is 1. The molecule has 12 heteroatoms. The number of nitrogens with one attached hydrogen (secondary N) is 3. The van der Waals surface area contributed by atoms with Crippen molar-refractivity contribution in [3.63, 3.8) is 0 Å². The molecule has 0 aliphatic rings. The molecule has 0 heterocycles. The molecule has 3 N–H and O–H groups in total. The van der Waals surface area contributed by atoms with Gasteiger partial charge in [0.15, 0.2) is 5.11 Å². The van der Waals surface area contributed by atoms with E-state index in [1.165, 1.54) is 25.3 Å². The van der Waals surface area contributed by atoms with Gasteiger partial charge in [0.25, 0.3) is 11.6 Å². The fraction of sp³-hybridized carbons (Fsp3) is 0.176. The van der Waals surface area contributed by atoms with E-state index in [0.717, 1.165) is 6.07 Å². The maximum absolute atomic E-state index is 12.5. The Bertz CT molecular complexity index is 924. The molecule has 0 saturated heterocycles. The number of nitrogens with zero attached hydrogens (tertiary/aromatic N) is 1. The van der Waals surface area contributed by atoms with E-state index in [9.17, 15) is 14.9 Å². The summed E-state index contributed by atoms with van der Waals surface area (Å²) >= 11 is 23.1. The molecule has 2 aromatic carbocycles. The van der Waals surface area contributed by atoms with E-state index in [-0.39, 0.29) is 16.4 Å². The van der Waals surface area contributed by atoms with E-state index in [0.29, 0.717) is 11.4 Å². The minimum atomic E-state index is -1.98. The van der Waals surface area contributed by atoms with Crippen LogP contribution >= 0.6 is 47.0 Å². The van der Waals surface area contributed by atoms with Gasteiger partial charge in [0, 0.05) is 17.7 Å². The summed E-state index contributed by atoms with van der Waals surface area (Å²) in [5.41, 5.74) is 0.328. The zero-order valence-corrected chi connectivity index (χ0v) is 17.9. The van der Waals surface area contributed by atoms with Crippen LogP contribution in [0.2, 0.25) is 0 Å². The minimum Gasteiger partial charge on any atom is -0.495 e. The van der Waals surface area contributed by atoms with E-state index in [2.05, 4.69) is 16.0 Å². The predicted octanol–water partition coefficient (Wildman–Crippen LogP) is 4.02. The smallest absolute Gasteiger partial charge is 0.270 e. The molecule has 0 aromatic heterocycles. The van der Waals surface area contributed by atoms with Crippen molar-refractivity contribution in [1.29, 1.82) is 0 Å². The highest BCUT2D eigenvalue weighted by Gasteiger charge is 2.35. The van der Waals surface area contributed by atoms with Crippen LogP contribution in [-0.4, -0.2) is 33.0 Å². The molecular weight excluding hydrogens is 463 g/mol. The number of non-ortho nitro benzene ring substituents is 1. The van der Waals surface area contributed by atoms with Crippen LogP contribution in [0.25, 0.3) is 0 Å². The number of benzene rings is 2. The van der Waals surface area contributed by atoms with Crippen molar-refractivity contribution in [2.24, 2.45) is 0 Å². The molecule has 0 aliphatic heterocycles. The Labute approximate surface area is 186 Å². The van der Waals surface area contributed by atoms with Crippen molar-refractivity contribution >= 4 is 69.4 Å². The highest BCUT2D eigenvalue weighted by Crippen LogP contribution is 2.30. The molecule has 2 aromatic rings. The first-order valence-corrected chi connectivity index (χ1v) is 9.48. The second-order valence-electron chi connectivity index (χ2n) is 5.55. The summed E-state index contributed by atoms with van der Waals surface area (Å²) in [7, 11) is 1.50. The first-order chi connectivity index (χ1) is 13.6. The number of rotatable bonds is 6. The van der Waals surface area contributed by atoms with Crippen LogP contribution in [-0.2, 0) is 0 Å². The van der Waals surface area contributed by atoms with E-state index in [4.69, 9.17) is 51.8 Å². The molecule has 0 aliphatic carbocycles. The second kappa shape index (κ2) is 9.93. The van der Waals surface area contributed by atoms with Gasteiger partial charge in [0.1, 0.15) is 11.9 Å². The fourth-order valence-electron chi connectivity index (χ4n) is 2.21. The summed E-state index contributed by atoms with van der Waals surface area (Å²) in [6.07, 6.45) is -1.24. The average molecular weight is 478 g/mol. The van der Waals surface area contributed by atoms with Gasteiger partial charge in [0.05, 0.1) is 17.7 Å². The Morgan fingerprint density at radius 2 is 1.86 bits per heavy atom. The Balaban J connectivity index is 2.13. The number of carbonyl (C=O) groups excluding carboxylic acids is 1. The van der Waals surface area contributed by atoms with Crippen molar-refractivity contribution in [1.82, 2.24) is 10.6 Å². The molecule has 2 rings (SSSR count). The number of para-hydroxylation sites is 2. The molecule has 0 radical (unpaired) electrons. The number of alkyl halides is 3. The molecule has 0 bridgehead atoms. The minimum absolute atomic E-state index is 0.0175. The number of hydrogen-bond donors (Lipinski definition) is 3. The lowest BCUT2D eigenvalue weighted by atomic mass is 10.2. The highest BCUT2D eigenvalue weighted by atomic mass is 35.6. The molecule has 1 unspecified atom stereocenters. The van der Waals surface area contributed by atoms with Crippen molar-refractivity contribution in [3.05, 3.63) is 64.2 Å². The Morgan fingerprint density at radius 1 is 1.17 bits per heavy atom. The number of amides is 1. The first kappa shape index (κ1) is 23.0. The first-order valence-electron chi connectivity index (χ1n) is 7.94. The lowest BCUT2D eigenvalue weighted by Crippen LogP contribution is -2.56. The predicted molar refractivity (Wildman–Crippen MR) is 117 cm³/mol. The molecule has 29 heavy (non-hydrogen) atoms. The zero-order valence-electron chi connectivity index (χ0n) is 14.8. The Hall–Kier alpha value is -2.33. The summed E-state index contributed by atoms with van der Waals surface area (Å²) < 4.78 is 3.24. The van der Waals surface area contributed by atoms with E-state index in [1.807, 2.05) is 0 Å². The molecule has 0 spiro atoms. The van der Waals surface area contributed by atoms with Crippen molar-refractivity contribution < 1.29 is 14.5 Å². The number of ether oxygens (including phenoxy) is 1. The van der Waals surface area contributed by atoms with Crippen molar-refractivity contribution in [2.75, 3.05) is 12.4 Å². The summed E-state index contributed by atoms with van der Waals surface area (Å²) in [4.78, 5) is 22.8. The third kappa shape index (κ3) is 6.60. The summed E-state index contributed by atoms with van der Waals surface area (Å²) in [5.74, 6) is -0.166. The second-order valence-corrected chi connectivity index (χ2v) is 8.33. The third-order valence-corrected chi connectivity index (χ3v) is 4.43. The van der Waals surface area contributed by atoms with Gasteiger partial charge in [-0.25, -0.2) is 0 Å². The quantitative estimate of drug-likeness (QED) is 0.190. The van der Waals surface area contributed by atoms with E-state index in [1.54, 1.807) is 24.3 Å². The molecule has 1 amide bonds. The number of nitro groups is 1.